The van der Waals surface area contributed by atoms with Crippen LogP contribution in [0.4, 0.5) is 0 Å². The average molecular weight is 464 g/mol. The molecule has 1 aliphatic carbocycles. The lowest BCUT2D eigenvalue weighted by atomic mass is 9.95. The highest BCUT2D eigenvalue weighted by atomic mass is 32.1. The Morgan fingerprint density at radius 1 is 1.06 bits per heavy atom. The first kappa shape index (κ1) is 22.7. The van der Waals surface area contributed by atoms with Crippen LogP contribution in [0.1, 0.15) is 48.5 Å². The van der Waals surface area contributed by atoms with Crippen LogP contribution in [0.25, 0.3) is 0 Å². The third kappa shape index (κ3) is 4.83. The summed E-state index contributed by atoms with van der Waals surface area (Å²) in [5.41, 5.74) is 2.70. The molecule has 0 bridgehead atoms. The first-order valence-electron chi connectivity index (χ1n) is 10.7. The van der Waals surface area contributed by atoms with Gasteiger partial charge in [-0.3, -0.25) is 9.59 Å². The second kappa shape index (κ2) is 9.19. The molecule has 0 atom stereocenters. The van der Waals surface area contributed by atoms with Crippen molar-refractivity contribution in [2.75, 3.05) is 6.61 Å². The Balaban J connectivity index is 1.49. The van der Waals surface area contributed by atoms with Crippen molar-refractivity contribution in [3.8, 4) is 5.75 Å². The number of aryl methyl sites for hydroxylation is 1. The van der Waals surface area contributed by atoms with Crippen molar-refractivity contribution in [1.29, 1.82) is 0 Å². The van der Waals surface area contributed by atoms with Gasteiger partial charge in [0.15, 0.2) is 5.78 Å². The van der Waals surface area contributed by atoms with E-state index in [1.54, 1.807) is 0 Å². The van der Waals surface area contributed by atoms with Gasteiger partial charge < -0.3 is 15.2 Å². The quantitative estimate of drug-likeness (QED) is 0.488. The molecule has 1 aliphatic rings. The molecule has 0 spiro atoms. The van der Waals surface area contributed by atoms with Crippen molar-refractivity contribution in [2.24, 2.45) is 0 Å². The van der Waals surface area contributed by atoms with Gasteiger partial charge in [0.1, 0.15) is 16.2 Å². The summed E-state index contributed by atoms with van der Waals surface area (Å²) in [7, 11) is 0. The lowest BCUT2D eigenvalue weighted by Gasteiger charge is -2.25. The maximum atomic E-state index is 13.1. The van der Waals surface area contributed by atoms with E-state index in [-0.39, 0.29) is 23.5 Å². The van der Waals surface area contributed by atoms with Crippen LogP contribution in [0, 0.1) is 6.92 Å². The number of benzene rings is 2. The smallest absolute Gasteiger partial charge is 0.330 e. The summed E-state index contributed by atoms with van der Waals surface area (Å²) >= 11 is 1.02. The maximum absolute atomic E-state index is 13.1. The maximum Gasteiger partial charge on any atom is 0.330 e. The van der Waals surface area contributed by atoms with Crippen LogP contribution in [0.5, 0.6) is 5.75 Å². The molecule has 7 heteroatoms. The molecule has 2 aromatic carbocycles. The van der Waals surface area contributed by atoms with Gasteiger partial charge in [0.25, 0.3) is 5.91 Å². The predicted molar refractivity (Wildman–Crippen MR) is 126 cm³/mol. The van der Waals surface area contributed by atoms with Crippen molar-refractivity contribution in [3.05, 3.63) is 86.6 Å². The standard InChI is InChI=1S/C26H25NO5S/c1-16-6-5-7-18(12-16)10-11-32-21-13-22(33-23(21)17(2)28)24(29)27-26(25(30)31)14-19-8-3-4-9-20(19)15-26/h3-9,12-13H,10-11,14-15H2,1-2H3,(H,27,29)(H,30,31). The number of carboxylic acid groups (broad SMARTS) is 1. The van der Waals surface area contributed by atoms with Crippen molar-refractivity contribution < 1.29 is 24.2 Å². The molecule has 0 unspecified atom stereocenters. The van der Waals surface area contributed by atoms with Crippen molar-refractivity contribution in [3.63, 3.8) is 0 Å². The molecule has 3 aromatic rings. The highest BCUT2D eigenvalue weighted by Crippen LogP contribution is 2.33. The number of hydrogen-bond acceptors (Lipinski definition) is 5. The van der Waals surface area contributed by atoms with Crippen LogP contribution in [-0.4, -0.2) is 34.9 Å². The molecule has 1 amide bonds. The van der Waals surface area contributed by atoms with Crippen LogP contribution in [0.15, 0.2) is 54.6 Å². The van der Waals surface area contributed by atoms with Gasteiger partial charge in [-0.25, -0.2) is 4.79 Å². The van der Waals surface area contributed by atoms with Crippen molar-refractivity contribution in [1.82, 2.24) is 5.32 Å². The van der Waals surface area contributed by atoms with Gasteiger partial charge in [0, 0.05) is 32.3 Å². The van der Waals surface area contributed by atoms with Crippen LogP contribution in [0.3, 0.4) is 0 Å². The summed E-state index contributed by atoms with van der Waals surface area (Å²) in [6.45, 7) is 3.80. The van der Waals surface area contributed by atoms with Crippen LogP contribution in [-0.2, 0) is 24.1 Å². The molecule has 1 heterocycles. The average Bonchev–Trinajstić information content (AvgIpc) is 3.36. The second-order valence-electron chi connectivity index (χ2n) is 8.41. The molecule has 33 heavy (non-hydrogen) atoms. The third-order valence-electron chi connectivity index (χ3n) is 5.84. The fraction of sp³-hybridized carbons (Fsp3) is 0.269. The normalized spacial score (nSPS) is 13.9. The number of thiophene rings is 1. The summed E-state index contributed by atoms with van der Waals surface area (Å²) in [5.74, 6) is -1.45. The number of ether oxygens (including phenoxy) is 1. The monoisotopic (exact) mass is 463 g/mol. The predicted octanol–water partition coefficient (Wildman–Crippen LogP) is 4.23. The first-order valence-corrected chi connectivity index (χ1v) is 11.5. The molecule has 0 saturated carbocycles. The molecule has 2 N–H and O–H groups in total. The van der Waals surface area contributed by atoms with E-state index in [4.69, 9.17) is 4.74 Å². The fourth-order valence-electron chi connectivity index (χ4n) is 4.17. The van der Waals surface area contributed by atoms with E-state index in [0.717, 1.165) is 33.6 Å². The van der Waals surface area contributed by atoms with E-state index in [1.165, 1.54) is 13.0 Å². The minimum absolute atomic E-state index is 0.203. The lowest BCUT2D eigenvalue weighted by Crippen LogP contribution is -2.55. The summed E-state index contributed by atoms with van der Waals surface area (Å²) < 4.78 is 5.86. The van der Waals surface area contributed by atoms with Gasteiger partial charge in [-0.2, -0.15) is 0 Å². The van der Waals surface area contributed by atoms with Crippen LogP contribution >= 0.6 is 11.3 Å². The zero-order chi connectivity index (χ0) is 23.6. The van der Waals surface area contributed by atoms with Crippen LogP contribution in [0.2, 0.25) is 0 Å². The van der Waals surface area contributed by atoms with E-state index < -0.39 is 17.4 Å². The Kier molecular flexibility index (Phi) is 6.33. The Labute approximate surface area is 196 Å². The van der Waals surface area contributed by atoms with Gasteiger partial charge in [-0.15, -0.1) is 11.3 Å². The number of amides is 1. The molecular formula is C26H25NO5S. The Hall–Kier alpha value is -3.45. The third-order valence-corrected chi connectivity index (χ3v) is 7.05. The zero-order valence-electron chi connectivity index (χ0n) is 18.5. The van der Waals surface area contributed by atoms with E-state index in [1.807, 2.05) is 49.4 Å². The van der Waals surface area contributed by atoms with Crippen molar-refractivity contribution in [2.45, 2.75) is 38.6 Å². The number of ketones is 1. The minimum atomic E-state index is -1.41. The molecule has 170 valence electrons. The molecule has 0 aliphatic heterocycles. The Bertz CT molecular complexity index is 1200. The first-order chi connectivity index (χ1) is 15.8. The number of rotatable bonds is 8. The van der Waals surface area contributed by atoms with Gasteiger partial charge in [0.2, 0.25) is 0 Å². The number of fused-ring (bicyclic) bond motifs is 1. The van der Waals surface area contributed by atoms with E-state index in [2.05, 4.69) is 11.4 Å². The van der Waals surface area contributed by atoms with Gasteiger partial charge in [-0.05, 0) is 23.6 Å². The molecule has 0 fully saturated rings. The zero-order valence-corrected chi connectivity index (χ0v) is 19.3. The minimum Gasteiger partial charge on any atom is -0.492 e. The molecular weight excluding hydrogens is 438 g/mol. The summed E-state index contributed by atoms with van der Waals surface area (Å²) in [4.78, 5) is 38.0. The Morgan fingerprint density at radius 3 is 2.36 bits per heavy atom. The van der Waals surface area contributed by atoms with Gasteiger partial charge in [0.05, 0.1) is 11.5 Å². The number of carbonyl (C=O) groups is 3. The molecule has 0 radical (unpaired) electrons. The SMILES string of the molecule is CC(=O)c1sc(C(=O)NC2(C(=O)O)Cc3ccccc3C2)cc1OCCc1cccc(C)c1. The van der Waals surface area contributed by atoms with Crippen molar-refractivity contribution >= 4 is 29.0 Å². The number of aliphatic carboxylic acids is 1. The molecule has 1 aromatic heterocycles. The van der Waals surface area contributed by atoms with E-state index >= 15 is 0 Å². The van der Waals surface area contributed by atoms with E-state index in [0.29, 0.717) is 23.7 Å². The second-order valence-corrected chi connectivity index (χ2v) is 9.46. The summed E-state index contributed by atoms with van der Waals surface area (Å²) in [6.07, 6.45) is 1.10. The molecule has 4 rings (SSSR count). The fourth-order valence-corrected chi connectivity index (χ4v) is 5.06. The largest absolute Gasteiger partial charge is 0.492 e. The number of carboxylic acids is 1. The molecule has 0 saturated heterocycles. The topological polar surface area (TPSA) is 92.7 Å². The van der Waals surface area contributed by atoms with Crippen LogP contribution < -0.4 is 10.1 Å². The number of nitrogens with one attached hydrogen (secondary N) is 1. The van der Waals surface area contributed by atoms with E-state index in [9.17, 15) is 19.5 Å². The van der Waals surface area contributed by atoms with Gasteiger partial charge in [-0.1, -0.05) is 54.1 Å². The number of carbonyl (C=O) groups excluding carboxylic acids is 2. The number of hydrogen-bond donors (Lipinski definition) is 2. The highest BCUT2D eigenvalue weighted by molar-refractivity contribution is 7.16. The molecule has 6 nitrogen and oxygen atoms in total. The summed E-state index contributed by atoms with van der Waals surface area (Å²) in [6, 6.07) is 17.1. The van der Waals surface area contributed by atoms with Gasteiger partial charge >= 0.3 is 5.97 Å². The lowest BCUT2D eigenvalue weighted by molar-refractivity contribution is -0.144. The Morgan fingerprint density at radius 2 is 1.76 bits per heavy atom. The summed E-state index contributed by atoms with van der Waals surface area (Å²) in [5, 5.41) is 12.7. The highest BCUT2D eigenvalue weighted by Gasteiger charge is 2.45. The number of Topliss-reactive ketones (excluding diaryl/α,β-unsaturated/α-hetero) is 1.